The quantitative estimate of drug-likeness (QED) is 0.276. The van der Waals surface area contributed by atoms with Gasteiger partial charge in [0, 0.05) is 25.8 Å². The SMILES string of the molecule is CC(=O)OCC1=COC(OC(=O)CC(C)C)[C@H]2C1=CC(OC(=O)CC(C)(C)OC(C)=O)[C@]21CO1. The van der Waals surface area contributed by atoms with Crippen LogP contribution in [0.4, 0.5) is 0 Å². The number of carbonyl (C=O) groups excluding carboxylic acids is 4. The first-order valence-electron chi connectivity index (χ1n) is 11.3. The van der Waals surface area contributed by atoms with E-state index in [9.17, 15) is 19.2 Å². The van der Waals surface area contributed by atoms with E-state index in [1.165, 1.54) is 20.1 Å². The third-order valence-corrected chi connectivity index (χ3v) is 5.64. The van der Waals surface area contributed by atoms with Gasteiger partial charge in [-0.2, -0.15) is 0 Å². The van der Waals surface area contributed by atoms with Gasteiger partial charge in [-0.05, 0) is 31.4 Å². The summed E-state index contributed by atoms with van der Waals surface area (Å²) in [7, 11) is 0. The predicted molar refractivity (Wildman–Crippen MR) is 116 cm³/mol. The zero-order valence-electron chi connectivity index (χ0n) is 20.4. The molecule has 0 N–H and O–H groups in total. The first-order valence-corrected chi connectivity index (χ1v) is 11.3. The highest BCUT2D eigenvalue weighted by atomic mass is 16.7. The Kier molecular flexibility index (Phi) is 7.40. The van der Waals surface area contributed by atoms with Gasteiger partial charge in [0.2, 0.25) is 0 Å². The first kappa shape index (κ1) is 25.7. The molecule has 188 valence electrons. The smallest absolute Gasteiger partial charge is 0.310 e. The topological polar surface area (TPSA) is 127 Å². The Bertz CT molecular complexity index is 909. The molecule has 4 atom stereocenters. The largest absolute Gasteiger partial charge is 0.461 e. The highest BCUT2D eigenvalue weighted by Crippen LogP contribution is 2.54. The second kappa shape index (κ2) is 9.77. The summed E-state index contributed by atoms with van der Waals surface area (Å²) in [4.78, 5) is 47.7. The minimum Gasteiger partial charge on any atom is -0.461 e. The third-order valence-electron chi connectivity index (χ3n) is 5.64. The van der Waals surface area contributed by atoms with Gasteiger partial charge >= 0.3 is 23.9 Å². The van der Waals surface area contributed by atoms with Crippen LogP contribution in [-0.2, 0) is 47.6 Å². The average molecular weight is 481 g/mol. The summed E-state index contributed by atoms with van der Waals surface area (Å²) in [5, 5.41) is 0. The molecule has 3 rings (SSSR count). The molecule has 10 nitrogen and oxygen atoms in total. The van der Waals surface area contributed by atoms with Crippen molar-refractivity contribution in [2.45, 2.75) is 78.0 Å². The summed E-state index contributed by atoms with van der Waals surface area (Å²) in [6.07, 6.45) is 1.39. The summed E-state index contributed by atoms with van der Waals surface area (Å²) in [5.41, 5.74) is -0.777. The van der Waals surface area contributed by atoms with Crippen LogP contribution in [0.25, 0.3) is 0 Å². The van der Waals surface area contributed by atoms with Crippen LogP contribution in [-0.4, -0.2) is 60.7 Å². The van der Waals surface area contributed by atoms with Crippen LogP contribution in [0.15, 0.2) is 23.5 Å². The van der Waals surface area contributed by atoms with Gasteiger partial charge in [-0.1, -0.05) is 13.8 Å². The Labute approximate surface area is 198 Å². The van der Waals surface area contributed by atoms with Gasteiger partial charge in [0.15, 0.2) is 6.10 Å². The number of epoxide rings is 1. The fraction of sp³-hybridized carbons (Fsp3) is 0.667. The zero-order valence-corrected chi connectivity index (χ0v) is 20.4. The molecule has 2 aliphatic heterocycles. The Morgan fingerprint density at radius 3 is 2.35 bits per heavy atom. The normalized spacial score (nSPS) is 27.2. The molecule has 34 heavy (non-hydrogen) atoms. The first-order chi connectivity index (χ1) is 15.8. The lowest BCUT2D eigenvalue weighted by atomic mass is 9.85. The summed E-state index contributed by atoms with van der Waals surface area (Å²) in [5.74, 6) is -2.44. The van der Waals surface area contributed by atoms with Gasteiger partial charge in [-0.25, -0.2) is 0 Å². The maximum atomic E-state index is 12.7. The molecule has 1 fully saturated rings. The molecule has 2 heterocycles. The molecule has 0 bridgehead atoms. The van der Waals surface area contributed by atoms with Gasteiger partial charge in [-0.3, -0.25) is 19.2 Å². The molecule has 3 aliphatic rings. The highest BCUT2D eigenvalue weighted by molar-refractivity contribution is 5.73. The molecule has 0 aromatic heterocycles. The number of hydrogen-bond acceptors (Lipinski definition) is 10. The lowest BCUT2D eigenvalue weighted by Gasteiger charge is -2.33. The molecule has 0 saturated carbocycles. The molecular formula is C24H32O10. The second-order valence-corrected chi connectivity index (χ2v) is 9.80. The molecule has 10 heteroatoms. The van der Waals surface area contributed by atoms with E-state index in [2.05, 4.69) is 0 Å². The van der Waals surface area contributed by atoms with E-state index in [0.717, 1.165) is 0 Å². The van der Waals surface area contributed by atoms with Crippen molar-refractivity contribution in [2.24, 2.45) is 11.8 Å². The van der Waals surface area contributed by atoms with Crippen LogP contribution in [0.5, 0.6) is 0 Å². The van der Waals surface area contributed by atoms with Crippen molar-refractivity contribution in [2.75, 3.05) is 13.2 Å². The molecule has 0 radical (unpaired) electrons. The van der Waals surface area contributed by atoms with E-state index in [1.807, 2.05) is 13.8 Å². The van der Waals surface area contributed by atoms with E-state index in [1.54, 1.807) is 19.9 Å². The molecule has 1 saturated heterocycles. The van der Waals surface area contributed by atoms with Crippen molar-refractivity contribution in [1.29, 1.82) is 0 Å². The fourth-order valence-corrected chi connectivity index (χ4v) is 4.25. The van der Waals surface area contributed by atoms with Crippen molar-refractivity contribution in [3.8, 4) is 0 Å². The van der Waals surface area contributed by atoms with Crippen molar-refractivity contribution in [3.05, 3.63) is 23.5 Å². The summed E-state index contributed by atoms with van der Waals surface area (Å²) >= 11 is 0. The van der Waals surface area contributed by atoms with Crippen LogP contribution in [0.3, 0.4) is 0 Å². The zero-order chi connectivity index (χ0) is 25.3. The lowest BCUT2D eigenvalue weighted by Crippen LogP contribution is -2.45. The minimum atomic E-state index is -1.04. The van der Waals surface area contributed by atoms with Crippen LogP contribution in [0.1, 0.15) is 54.4 Å². The molecular weight excluding hydrogens is 448 g/mol. The van der Waals surface area contributed by atoms with Gasteiger partial charge in [0.1, 0.15) is 17.8 Å². The van der Waals surface area contributed by atoms with E-state index < -0.39 is 53.4 Å². The van der Waals surface area contributed by atoms with Gasteiger partial charge in [0.05, 0.1) is 25.2 Å². The van der Waals surface area contributed by atoms with Crippen LogP contribution in [0.2, 0.25) is 0 Å². The molecule has 2 unspecified atom stereocenters. The van der Waals surface area contributed by atoms with Gasteiger partial charge in [0.25, 0.3) is 6.29 Å². The predicted octanol–water partition coefficient (Wildman–Crippen LogP) is 2.35. The molecule has 0 aromatic rings. The van der Waals surface area contributed by atoms with E-state index >= 15 is 0 Å². The molecule has 0 amide bonds. The second-order valence-electron chi connectivity index (χ2n) is 9.80. The Morgan fingerprint density at radius 2 is 1.79 bits per heavy atom. The maximum Gasteiger partial charge on any atom is 0.310 e. The van der Waals surface area contributed by atoms with Crippen molar-refractivity contribution in [3.63, 3.8) is 0 Å². The number of carbonyl (C=O) groups is 4. The molecule has 0 aromatic carbocycles. The summed E-state index contributed by atoms with van der Waals surface area (Å²) in [6, 6.07) is 0. The van der Waals surface area contributed by atoms with Crippen LogP contribution in [0, 0.1) is 11.8 Å². The van der Waals surface area contributed by atoms with Gasteiger partial charge in [-0.15, -0.1) is 0 Å². The average Bonchev–Trinajstić information content (AvgIpc) is 3.39. The van der Waals surface area contributed by atoms with Crippen molar-refractivity contribution < 1.29 is 47.6 Å². The summed E-state index contributed by atoms with van der Waals surface area (Å²) in [6.45, 7) is 9.80. The Balaban J connectivity index is 1.81. The molecule has 1 aliphatic carbocycles. The number of rotatable bonds is 9. The number of hydrogen-bond donors (Lipinski definition) is 0. The Morgan fingerprint density at radius 1 is 1.12 bits per heavy atom. The monoisotopic (exact) mass is 480 g/mol. The summed E-state index contributed by atoms with van der Waals surface area (Å²) < 4.78 is 33.2. The van der Waals surface area contributed by atoms with Crippen LogP contribution < -0.4 is 0 Å². The van der Waals surface area contributed by atoms with Crippen molar-refractivity contribution >= 4 is 23.9 Å². The van der Waals surface area contributed by atoms with Crippen LogP contribution >= 0.6 is 0 Å². The van der Waals surface area contributed by atoms with Crippen molar-refractivity contribution in [1.82, 2.24) is 0 Å². The standard InChI is InChI=1S/C24H32O10/c1-13(2)7-19(27)33-22-21-17(16(11-30-22)10-29-14(3)25)8-18(24(21)12-31-24)32-20(28)9-23(5,6)34-15(4)26/h8,11,13,18,21-22H,7,9-10,12H2,1-6H3/t18?,21-,22?,24-/m1/s1. The fourth-order valence-electron chi connectivity index (χ4n) is 4.25. The molecule has 1 spiro atoms. The number of esters is 4. The number of ether oxygens (including phenoxy) is 6. The van der Waals surface area contributed by atoms with E-state index in [-0.39, 0.29) is 32.0 Å². The van der Waals surface area contributed by atoms with E-state index in [4.69, 9.17) is 28.4 Å². The Hall–Kier alpha value is -2.88. The highest BCUT2D eigenvalue weighted by Gasteiger charge is 2.68. The lowest BCUT2D eigenvalue weighted by molar-refractivity contribution is -0.187. The van der Waals surface area contributed by atoms with Gasteiger partial charge < -0.3 is 28.4 Å². The maximum absolute atomic E-state index is 12.7. The third kappa shape index (κ3) is 5.97. The number of fused-ring (bicyclic) bond motifs is 2. The van der Waals surface area contributed by atoms with E-state index in [0.29, 0.717) is 11.1 Å². The minimum absolute atomic E-state index is 0.0550.